The second kappa shape index (κ2) is 9.23. The van der Waals surface area contributed by atoms with E-state index >= 15 is 0 Å². The Kier molecular flexibility index (Phi) is 6.19. The molecule has 3 heteroatoms. The van der Waals surface area contributed by atoms with Crippen molar-refractivity contribution in [2.45, 2.75) is 50.5 Å². The van der Waals surface area contributed by atoms with Crippen LogP contribution in [0.25, 0.3) is 0 Å². The zero-order valence-electron chi connectivity index (χ0n) is 18.5. The van der Waals surface area contributed by atoms with Crippen LogP contribution in [-0.4, -0.2) is 17.2 Å². The lowest BCUT2D eigenvalue weighted by Crippen LogP contribution is -2.38. The molecule has 3 aromatic carbocycles. The van der Waals surface area contributed by atoms with Crippen molar-refractivity contribution in [1.82, 2.24) is 0 Å². The van der Waals surface area contributed by atoms with Crippen molar-refractivity contribution in [3.63, 3.8) is 0 Å². The van der Waals surface area contributed by atoms with Crippen LogP contribution >= 0.6 is 15.9 Å². The van der Waals surface area contributed by atoms with Gasteiger partial charge in [-0.1, -0.05) is 82.2 Å². The number of ether oxygens (including phenoxy) is 1. The van der Waals surface area contributed by atoms with Crippen LogP contribution in [0, 0.1) is 12.8 Å². The van der Waals surface area contributed by atoms with Crippen molar-refractivity contribution in [3.05, 3.63) is 101 Å². The quantitative estimate of drug-likeness (QED) is 0.349. The van der Waals surface area contributed by atoms with E-state index in [-0.39, 0.29) is 12.0 Å². The fourth-order valence-corrected chi connectivity index (χ4v) is 5.86. The molecule has 1 fully saturated rings. The summed E-state index contributed by atoms with van der Waals surface area (Å²) in [4.78, 5) is 11.8. The standard InChI is InChI=1S/C29H29BrO2/c1-19-7-13-27-22(15-19)10-14-26(20-5-3-2-4-6-20)29(27)21-8-11-24(12-9-21)32-25-16-23(17-25)28(31)18-30/h2-9,11-13,15,23,25-26,29H,10,14,16-18H2,1H3/t23?,25?,26-,29+/m1/s1. The number of aryl methyl sites for hydroxylation is 2. The van der Waals surface area contributed by atoms with E-state index < -0.39 is 0 Å². The van der Waals surface area contributed by atoms with Gasteiger partial charge in [0.25, 0.3) is 0 Å². The van der Waals surface area contributed by atoms with Gasteiger partial charge >= 0.3 is 0 Å². The summed E-state index contributed by atoms with van der Waals surface area (Å²) in [7, 11) is 0. The Morgan fingerprint density at radius 3 is 2.44 bits per heavy atom. The Balaban J connectivity index is 1.39. The number of hydrogen-bond donors (Lipinski definition) is 0. The predicted molar refractivity (Wildman–Crippen MR) is 133 cm³/mol. The molecule has 0 aromatic heterocycles. The molecule has 0 unspecified atom stereocenters. The molecule has 1 saturated carbocycles. The molecule has 0 radical (unpaired) electrons. The van der Waals surface area contributed by atoms with Crippen LogP contribution in [0.3, 0.4) is 0 Å². The molecule has 3 aromatic rings. The number of ketones is 1. The van der Waals surface area contributed by atoms with Gasteiger partial charge in [0, 0.05) is 11.8 Å². The van der Waals surface area contributed by atoms with Gasteiger partial charge in [-0.2, -0.15) is 0 Å². The molecular weight excluding hydrogens is 460 g/mol. The average molecular weight is 489 g/mol. The summed E-state index contributed by atoms with van der Waals surface area (Å²) in [5.41, 5.74) is 7.04. The molecule has 0 saturated heterocycles. The number of hydrogen-bond acceptors (Lipinski definition) is 2. The Labute approximate surface area is 199 Å². The molecule has 2 atom stereocenters. The van der Waals surface area contributed by atoms with Crippen molar-refractivity contribution in [3.8, 4) is 5.75 Å². The predicted octanol–water partition coefficient (Wildman–Crippen LogP) is 6.98. The summed E-state index contributed by atoms with van der Waals surface area (Å²) in [5.74, 6) is 2.17. The molecule has 2 aliphatic rings. The van der Waals surface area contributed by atoms with Gasteiger partial charge in [-0.25, -0.2) is 0 Å². The molecule has 0 heterocycles. The summed E-state index contributed by atoms with van der Waals surface area (Å²) >= 11 is 3.27. The fraction of sp³-hybridized carbons (Fsp3) is 0.345. The average Bonchev–Trinajstić information content (AvgIpc) is 2.81. The Morgan fingerprint density at radius 2 is 1.72 bits per heavy atom. The molecule has 0 bridgehead atoms. The highest BCUT2D eigenvalue weighted by atomic mass is 79.9. The van der Waals surface area contributed by atoms with Gasteiger partial charge in [0.1, 0.15) is 17.6 Å². The van der Waals surface area contributed by atoms with Crippen molar-refractivity contribution >= 4 is 21.7 Å². The number of carbonyl (C=O) groups excluding carboxylic acids is 1. The number of benzene rings is 3. The number of fused-ring (bicyclic) bond motifs is 1. The van der Waals surface area contributed by atoms with Crippen LogP contribution in [0.4, 0.5) is 0 Å². The van der Waals surface area contributed by atoms with E-state index in [0.29, 0.717) is 22.9 Å². The van der Waals surface area contributed by atoms with Crippen molar-refractivity contribution in [1.29, 1.82) is 0 Å². The lowest BCUT2D eigenvalue weighted by atomic mass is 9.69. The maximum Gasteiger partial charge on any atom is 0.146 e. The molecule has 5 rings (SSSR count). The third-order valence-electron chi connectivity index (χ3n) is 7.21. The topological polar surface area (TPSA) is 26.3 Å². The number of halogens is 1. The second-order valence-corrected chi connectivity index (χ2v) is 9.87. The van der Waals surface area contributed by atoms with E-state index in [1.807, 2.05) is 0 Å². The van der Waals surface area contributed by atoms with Gasteiger partial charge < -0.3 is 4.74 Å². The van der Waals surface area contributed by atoms with Crippen molar-refractivity contribution < 1.29 is 9.53 Å². The van der Waals surface area contributed by atoms with Gasteiger partial charge in [-0.3, -0.25) is 4.79 Å². The van der Waals surface area contributed by atoms with Gasteiger partial charge in [-0.05, 0) is 72.9 Å². The molecular formula is C29H29BrO2. The Bertz CT molecular complexity index is 1080. The van der Waals surface area contributed by atoms with Crippen LogP contribution in [0.2, 0.25) is 0 Å². The van der Waals surface area contributed by atoms with Crippen molar-refractivity contribution in [2.75, 3.05) is 5.33 Å². The molecule has 32 heavy (non-hydrogen) atoms. The molecule has 2 nitrogen and oxygen atoms in total. The first-order valence-corrected chi connectivity index (χ1v) is 12.7. The van der Waals surface area contributed by atoms with Crippen molar-refractivity contribution in [2.24, 2.45) is 5.92 Å². The Morgan fingerprint density at radius 1 is 0.969 bits per heavy atom. The first-order valence-electron chi connectivity index (χ1n) is 11.6. The monoisotopic (exact) mass is 488 g/mol. The van der Waals surface area contributed by atoms with Crippen LogP contribution in [0.1, 0.15) is 58.9 Å². The molecule has 0 aliphatic heterocycles. The fourth-order valence-electron chi connectivity index (χ4n) is 5.40. The molecule has 0 spiro atoms. The number of Topliss-reactive ketones (excluding diaryl/α,β-unsaturated/α-hetero) is 1. The Hall–Kier alpha value is -2.39. The lowest BCUT2D eigenvalue weighted by Gasteiger charge is -2.35. The first-order chi connectivity index (χ1) is 15.6. The smallest absolute Gasteiger partial charge is 0.146 e. The zero-order chi connectivity index (χ0) is 22.1. The first kappa shape index (κ1) is 21.5. The number of alkyl halides is 1. The van der Waals surface area contributed by atoms with E-state index in [2.05, 4.69) is 95.7 Å². The largest absolute Gasteiger partial charge is 0.490 e. The minimum absolute atomic E-state index is 0.157. The van der Waals surface area contributed by atoms with E-state index in [0.717, 1.165) is 31.4 Å². The molecule has 0 N–H and O–H groups in total. The highest BCUT2D eigenvalue weighted by Gasteiger charge is 2.35. The van der Waals surface area contributed by atoms with Crippen LogP contribution < -0.4 is 4.74 Å². The summed E-state index contributed by atoms with van der Waals surface area (Å²) in [5, 5.41) is 0.448. The summed E-state index contributed by atoms with van der Waals surface area (Å²) < 4.78 is 6.15. The van der Waals surface area contributed by atoms with E-state index in [4.69, 9.17) is 4.74 Å². The van der Waals surface area contributed by atoms with Crippen LogP contribution in [-0.2, 0) is 11.2 Å². The highest BCUT2D eigenvalue weighted by molar-refractivity contribution is 9.09. The van der Waals surface area contributed by atoms with Gasteiger partial charge in [0.15, 0.2) is 0 Å². The van der Waals surface area contributed by atoms with Gasteiger partial charge in [-0.15, -0.1) is 0 Å². The van der Waals surface area contributed by atoms with Gasteiger partial charge in [0.05, 0.1) is 5.33 Å². The summed E-state index contributed by atoms with van der Waals surface area (Å²) in [6.45, 7) is 2.18. The minimum atomic E-state index is 0.157. The number of rotatable bonds is 6. The highest BCUT2D eigenvalue weighted by Crippen LogP contribution is 2.46. The molecule has 164 valence electrons. The van der Waals surface area contributed by atoms with E-state index in [9.17, 15) is 4.79 Å². The van der Waals surface area contributed by atoms with E-state index in [1.54, 1.807) is 0 Å². The minimum Gasteiger partial charge on any atom is -0.490 e. The zero-order valence-corrected chi connectivity index (χ0v) is 20.1. The lowest BCUT2D eigenvalue weighted by molar-refractivity contribution is -0.125. The summed E-state index contributed by atoms with van der Waals surface area (Å²) in [6, 6.07) is 26.6. The van der Waals surface area contributed by atoms with Crippen LogP contribution in [0.5, 0.6) is 5.75 Å². The maximum absolute atomic E-state index is 11.8. The van der Waals surface area contributed by atoms with Crippen LogP contribution in [0.15, 0.2) is 72.8 Å². The maximum atomic E-state index is 11.8. The molecule has 2 aliphatic carbocycles. The van der Waals surface area contributed by atoms with Gasteiger partial charge in [0.2, 0.25) is 0 Å². The second-order valence-electron chi connectivity index (χ2n) is 9.31. The molecule has 0 amide bonds. The summed E-state index contributed by atoms with van der Waals surface area (Å²) in [6.07, 6.45) is 4.11. The van der Waals surface area contributed by atoms with E-state index in [1.165, 1.54) is 27.8 Å². The third-order valence-corrected chi connectivity index (χ3v) is 7.76. The SMILES string of the molecule is Cc1ccc2c(c1)CC[C@H](c1ccccc1)[C@@H]2c1ccc(OC2CC(C(=O)CBr)C2)cc1. The number of carbonyl (C=O) groups is 1. The normalized spacial score (nSPS) is 24.3. The third kappa shape index (κ3) is 4.28.